The molecule has 156 valence electrons. The second-order valence-electron chi connectivity index (χ2n) is 5.16. The maximum atomic E-state index is 10.2. The van der Waals surface area contributed by atoms with Crippen LogP contribution in [0.1, 0.15) is 39.5 Å². The summed E-state index contributed by atoms with van der Waals surface area (Å²) in [4.78, 5) is 39.7. The number of carbonyl (C=O) groups excluding carboxylic acids is 4. The summed E-state index contributed by atoms with van der Waals surface area (Å²) >= 11 is 0.149. The van der Waals surface area contributed by atoms with Crippen molar-refractivity contribution in [3.8, 4) is 0 Å². The van der Waals surface area contributed by atoms with E-state index in [2.05, 4.69) is 13.8 Å². The van der Waals surface area contributed by atoms with E-state index in [0.717, 1.165) is 0 Å². The van der Waals surface area contributed by atoms with E-state index < -0.39 is 36.8 Å². The Morgan fingerprint density at radius 3 is 1.33 bits per heavy atom. The predicted molar refractivity (Wildman–Crippen MR) is 99.3 cm³/mol. The molecular weight excluding hydrogens is 463 g/mol. The topological polar surface area (TPSA) is 190 Å². The molecule has 0 atom stereocenters. The zero-order valence-corrected chi connectivity index (χ0v) is 19.0. The van der Waals surface area contributed by atoms with E-state index in [1.165, 1.54) is 25.7 Å². The van der Waals surface area contributed by atoms with Gasteiger partial charge in [0.1, 0.15) is 0 Å². The first-order valence-electron chi connectivity index (χ1n) is 8.78. The van der Waals surface area contributed by atoms with Crippen molar-refractivity contribution in [3.05, 3.63) is 0 Å². The minimum atomic E-state index is -1.32. The number of hydrogen-bond acceptors (Lipinski definition) is 8. The Morgan fingerprint density at radius 1 is 0.778 bits per heavy atom. The third-order valence-electron chi connectivity index (χ3n) is 2.64. The number of hydrogen-bond donors (Lipinski definition) is 4. The van der Waals surface area contributed by atoms with Gasteiger partial charge in [0, 0.05) is 0 Å². The fourth-order valence-electron chi connectivity index (χ4n) is 1.21. The molecule has 0 saturated heterocycles. The van der Waals surface area contributed by atoms with Gasteiger partial charge in [0.15, 0.2) is 0 Å². The number of carboxylic acid groups (broad SMARTS) is 2. The fraction of sp³-hybridized carbons (Fsp3) is 0.750. The second-order valence-corrected chi connectivity index (χ2v) is 9.44. The maximum absolute atomic E-state index is 10.2. The average Bonchev–Trinajstić information content (AvgIpc) is 2.65. The van der Waals surface area contributed by atoms with Crippen LogP contribution in [0.2, 0.25) is 8.87 Å². The zero-order chi connectivity index (χ0) is 21.5. The Hall–Kier alpha value is -1.40. The Balaban J connectivity index is -0.000000320. The van der Waals surface area contributed by atoms with Gasteiger partial charge in [0.2, 0.25) is 11.8 Å². The number of nitrogens with one attached hydrogen (secondary N) is 2. The monoisotopic (exact) mass is 496 g/mol. The fourth-order valence-corrected chi connectivity index (χ4v) is 5.37. The number of amides is 2. The van der Waals surface area contributed by atoms with E-state index in [1.54, 1.807) is 8.87 Å². The number of unbranched alkanes of at least 4 members (excludes halogenated alkanes) is 2. The summed E-state index contributed by atoms with van der Waals surface area (Å²) in [6.45, 7) is 3.23. The van der Waals surface area contributed by atoms with Crippen molar-refractivity contribution < 1.29 is 29.4 Å². The largest absolute Gasteiger partial charge is 0.548 e. The number of nitrogens with two attached hydrogens (primary N) is 2. The standard InChI is InChI=1S/2C4H8N2O3.2C4H9.Sn/c2*5-1-3(7)6-2-4(8)9;2*1-3-4-2;/h2*1-2,5H2,(H,6,7)(H,8,9);2*1,3-4H2,2H3;/q;;;;+2/p-2. The van der Waals surface area contributed by atoms with Gasteiger partial charge in [0.05, 0.1) is 38.1 Å². The van der Waals surface area contributed by atoms with Crippen LogP contribution >= 0.6 is 0 Å². The molecule has 10 nitrogen and oxygen atoms in total. The van der Waals surface area contributed by atoms with E-state index in [4.69, 9.17) is 11.5 Å². The third kappa shape index (κ3) is 36.3. The SMILES string of the molecule is CCC[CH2][Sn+2][CH2]CCC.NCC(=O)NCC(=O)[O-].NCC(=O)NCC(=O)[O-]. The summed E-state index contributed by atoms with van der Waals surface area (Å²) in [5.74, 6) is -3.65. The van der Waals surface area contributed by atoms with Gasteiger partial charge in [-0.15, -0.1) is 0 Å². The van der Waals surface area contributed by atoms with Crippen LogP contribution in [-0.4, -0.2) is 71.1 Å². The van der Waals surface area contributed by atoms with Crippen molar-refractivity contribution in [3.63, 3.8) is 0 Å². The molecule has 2 amide bonds. The first-order chi connectivity index (χ1) is 12.7. The van der Waals surface area contributed by atoms with Crippen LogP contribution in [0.4, 0.5) is 0 Å². The normalized spacial score (nSPS) is 8.74. The molecule has 27 heavy (non-hydrogen) atoms. The summed E-state index contributed by atoms with van der Waals surface area (Å²) in [6, 6.07) is 0. The molecule has 0 aromatic rings. The number of carboxylic acids is 2. The van der Waals surface area contributed by atoms with Gasteiger partial charge >= 0.3 is 69.5 Å². The minimum Gasteiger partial charge on any atom is -0.548 e. The Kier molecular flexibility index (Phi) is 27.6. The molecule has 0 rings (SSSR count). The molecule has 0 aliphatic heterocycles. The quantitative estimate of drug-likeness (QED) is 0.160. The van der Waals surface area contributed by atoms with Crippen molar-refractivity contribution in [2.45, 2.75) is 48.4 Å². The van der Waals surface area contributed by atoms with Gasteiger partial charge in [-0.1, -0.05) is 0 Å². The minimum absolute atomic E-state index is 0.149. The molecule has 0 saturated carbocycles. The molecule has 0 aromatic heterocycles. The van der Waals surface area contributed by atoms with Crippen LogP contribution in [-0.2, 0) is 19.2 Å². The molecule has 0 aromatic carbocycles. The van der Waals surface area contributed by atoms with Crippen molar-refractivity contribution in [2.24, 2.45) is 11.5 Å². The Morgan fingerprint density at radius 2 is 1.11 bits per heavy atom. The van der Waals surface area contributed by atoms with Crippen LogP contribution in [0.3, 0.4) is 0 Å². The Bertz CT molecular complexity index is 374. The second kappa shape index (κ2) is 24.6. The summed E-state index contributed by atoms with van der Waals surface area (Å²) in [5.41, 5.74) is 9.67. The number of carbonyl (C=O) groups is 4. The molecule has 0 heterocycles. The first kappa shape index (κ1) is 30.3. The average molecular weight is 495 g/mol. The van der Waals surface area contributed by atoms with Gasteiger partial charge in [0.25, 0.3) is 0 Å². The summed E-state index contributed by atoms with van der Waals surface area (Å²) in [7, 11) is 0. The van der Waals surface area contributed by atoms with E-state index >= 15 is 0 Å². The molecule has 6 N–H and O–H groups in total. The van der Waals surface area contributed by atoms with Crippen molar-refractivity contribution in [2.75, 3.05) is 26.2 Å². The Labute approximate surface area is 171 Å². The van der Waals surface area contributed by atoms with Gasteiger partial charge in [-0.2, -0.15) is 0 Å². The van der Waals surface area contributed by atoms with Gasteiger partial charge in [-0.05, 0) is 0 Å². The summed E-state index contributed by atoms with van der Waals surface area (Å²) < 4.78 is 3.25. The maximum Gasteiger partial charge on any atom is 0.234 e. The van der Waals surface area contributed by atoms with Crippen LogP contribution < -0.4 is 32.3 Å². The van der Waals surface area contributed by atoms with E-state index in [1.807, 2.05) is 10.6 Å². The van der Waals surface area contributed by atoms with Crippen LogP contribution in [0.5, 0.6) is 0 Å². The summed E-state index contributed by atoms with van der Waals surface area (Å²) in [6.07, 6.45) is 5.84. The smallest absolute Gasteiger partial charge is 0.234 e. The number of rotatable bonds is 12. The molecule has 0 spiro atoms. The molecule has 11 heteroatoms. The van der Waals surface area contributed by atoms with Crippen LogP contribution in [0, 0.1) is 0 Å². The van der Waals surface area contributed by atoms with Crippen LogP contribution in [0.15, 0.2) is 0 Å². The molecule has 0 unspecified atom stereocenters. The van der Waals surface area contributed by atoms with Crippen molar-refractivity contribution in [1.29, 1.82) is 0 Å². The van der Waals surface area contributed by atoms with Crippen molar-refractivity contribution in [1.82, 2.24) is 10.6 Å². The zero-order valence-electron chi connectivity index (χ0n) is 16.2. The summed E-state index contributed by atoms with van der Waals surface area (Å²) in [5, 5.41) is 23.3. The van der Waals surface area contributed by atoms with Crippen molar-refractivity contribution >= 4 is 44.9 Å². The van der Waals surface area contributed by atoms with Gasteiger partial charge in [-0.3, -0.25) is 9.59 Å². The molecule has 0 bridgehead atoms. The van der Waals surface area contributed by atoms with E-state index in [-0.39, 0.29) is 34.2 Å². The van der Waals surface area contributed by atoms with Gasteiger partial charge in [-0.25, -0.2) is 0 Å². The molecule has 0 aliphatic rings. The van der Waals surface area contributed by atoms with E-state index in [9.17, 15) is 29.4 Å². The van der Waals surface area contributed by atoms with E-state index in [0.29, 0.717) is 0 Å². The molecule has 0 radical (unpaired) electrons. The third-order valence-corrected chi connectivity index (χ3v) is 6.68. The number of aliphatic carboxylic acids is 2. The molecule has 0 fully saturated rings. The predicted octanol–water partition coefficient (Wildman–Crippen LogP) is -3.25. The first-order valence-corrected chi connectivity index (χ1v) is 12.8. The van der Waals surface area contributed by atoms with Crippen LogP contribution in [0.25, 0.3) is 0 Å². The molecular formula is C16H32N4O6Sn. The van der Waals surface area contributed by atoms with Gasteiger partial charge < -0.3 is 41.9 Å². The molecule has 0 aliphatic carbocycles.